The average molecular weight is 438 g/mol. The molecule has 0 radical (unpaired) electrons. The van der Waals surface area contributed by atoms with Crippen LogP contribution in [0, 0.1) is 11.8 Å². The lowest BCUT2D eigenvalue weighted by atomic mass is 9.86. The van der Waals surface area contributed by atoms with Gasteiger partial charge in [-0.2, -0.15) is 18.2 Å². The van der Waals surface area contributed by atoms with E-state index in [1.54, 1.807) is 0 Å². The SMILES string of the molecule is CC(CC(F)(F)F)C(=O)NC[C@H]1CC[C@@H](Nc2nc(N(C)C)c3ccccc3n2)CC1. The van der Waals surface area contributed by atoms with Gasteiger partial charge in [0.1, 0.15) is 5.82 Å². The van der Waals surface area contributed by atoms with Crippen molar-refractivity contribution in [1.29, 1.82) is 0 Å². The normalized spacial score (nSPS) is 20.3. The molecule has 3 rings (SSSR count). The van der Waals surface area contributed by atoms with Gasteiger partial charge in [0.05, 0.1) is 11.9 Å². The van der Waals surface area contributed by atoms with Gasteiger partial charge in [0.25, 0.3) is 0 Å². The Morgan fingerprint density at radius 3 is 2.48 bits per heavy atom. The zero-order chi connectivity index (χ0) is 22.6. The zero-order valence-corrected chi connectivity index (χ0v) is 18.2. The van der Waals surface area contributed by atoms with E-state index in [0.29, 0.717) is 12.5 Å². The number of carbonyl (C=O) groups excluding carboxylic acids is 1. The molecule has 6 nitrogen and oxygen atoms in total. The predicted octanol–water partition coefficient (Wildman–Crippen LogP) is 4.37. The van der Waals surface area contributed by atoms with Crippen molar-refractivity contribution in [3.63, 3.8) is 0 Å². The molecular formula is C22H30F3N5O. The van der Waals surface area contributed by atoms with Crippen molar-refractivity contribution in [2.24, 2.45) is 11.8 Å². The highest BCUT2D eigenvalue weighted by atomic mass is 19.4. The number of carbonyl (C=O) groups is 1. The van der Waals surface area contributed by atoms with Crippen molar-refractivity contribution in [2.45, 2.75) is 51.2 Å². The molecule has 0 aliphatic heterocycles. The molecule has 1 aliphatic rings. The maximum Gasteiger partial charge on any atom is 0.389 e. The molecule has 1 aromatic carbocycles. The van der Waals surface area contributed by atoms with Gasteiger partial charge in [0.2, 0.25) is 11.9 Å². The van der Waals surface area contributed by atoms with E-state index in [1.165, 1.54) is 6.92 Å². The van der Waals surface area contributed by atoms with Crippen molar-refractivity contribution in [1.82, 2.24) is 15.3 Å². The molecule has 1 saturated carbocycles. The number of nitrogens with zero attached hydrogens (tertiary/aromatic N) is 3. The fourth-order valence-corrected chi connectivity index (χ4v) is 4.02. The summed E-state index contributed by atoms with van der Waals surface area (Å²) in [6.07, 6.45) is -1.84. The van der Waals surface area contributed by atoms with Gasteiger partial charge in [-0.1, -0.05) is 19.1 Å². The van der Waals surface area contributed by atoms with E-state index < -0.39 is 24.4 Å². The van der Waals surface area contributed by atoms with Crippen LogP contribution in [0.4, 0.5) is 24.9 Å². The predicted molar refractivity (Wildman–Crippen MR) is 116 cm³/mol. The first kappa shape index (κ1) is 23.1. The van der Waals surface area contributed by atoms with E-state index in [1.807, 2.05) is 43.3 Å². The summed E-state index contributed by atoms with van der Waals surface area (Å²) in [6, 6.07) is 8.12. The van der Waals surface area contributed by atoms with Gasteiger partial charge in [0.15, 0.2) is 0 Å². The second-order valence-electron chi connectivity index (χ2n) is 8.61. The standard InChI is InChI=1S/C22H30F3N5O/c1-14(12-22(23,24)25)20(31)26-13-15-8-10-16(11-9-15)27-21-28-18-7-5-4-6-17(18)19(29-21)30(2)3/h4-7,14-16H,8-13H2,1-3H3,(H,26,31)(H,27,28,29)/t14?,15-,16+. The summed E-state index contributed by atoms with van der Waals surface area (Å²) in [7, 11) is 3.90. The van der Waals surface area contributed by atoms with Gasteiger partial charge >= 0.3 is 6.18 Å². The average Bonchev–Trinajstić information content (AvgIpc) is 2.71. The minimum absolute atomic E-state index is 0.229. The van der Waals surface area contributed by atoms with Crippen LogP contribution in [0.3, 0.4) is 0 Å². The topological polar surface area (TPSA) is 70.2 Å². The molecule has 2 aromatic rings. The van der Waals surface area contributed by atoms with E-state index >= 15 is 0 Å². The maximum atomic E-state index is 12.4. The third kappa shape index (κ3) is 6.45. The Labute approximate surface area is 180 Å². The van der Waals surface area contributed by atoms with Crippen LogP contribution in [0.25, 0.3) is 10.9 Å². The molecule has 9 heteroatoms. The number of nitrogens with one attached hydrogen (secondary N) is 2. The van der Waals surface area contributed by atoms with Crippen LogP contribution >= 0.6 is 0 Å². The quantitative estimate of drug-likeness (QED) is 0.673. The second kappa shape index (κ2) is 9.70. The highest BCUT2D eigenvalue weighted by molar-refractivity contribution is 5.90. The van der Waals surface area contributed by atoms with Crippen LogP contribution in [-0.2, 0) is 4.79 Å². The Kier molecular flexibility index (Phi) is 7.23. The molecule has 0 bridgehead atoms. The van der Waals surface area contributed by atoms with Crippen molar-refractivity contribution in [3.8, 4) is 0 Å². The van der Waals surface area contributed by atoms with Gasteiger partial charge in [-0.15, -0.1) is 0 Å². The lowest BCUT2D eigenvalue weighted by molar-refractivity contribution is -0.153. The van der Waals surface area contributed by atoms with Crippen molar-refractivity contribution in [3.05, 3.63) is 24.3 Å². The molecule has 0 saturated heterocycles. The second-order valence-corrected chi connectivity index (χ2v) is 8.61. The Balaban J connectivity index is 1.51. The molecule has 1 amide bonds. The molecule has 1 aromatic heterocycles. The lowest BCUT2D eigenvalue weighted by Crippen LogP contribution is -2.37. The summed E-state index contributed by atoms with van der Waals surface area (Å²) >= 11 is 0. The minimum Gasteiger partial charge on any atom is -0.362 e. The number of hydrogen-bond donors (Lipinski definition) is 2. The first-order chi connectivity index (χ1) is 14.6. The van der Waals surface area contributed by atoms with Crippen molar-refractivity contribution in [2.75, 3.05) is 30.9 Å². The number of fused-ring (bicyclic) bond motifs is 1. The molecule has 2 N–H and O–H groups in total. The molecule has 1 fully saturated rings. The number of hydrogen-bond acceptors (Lipinski definition) is 5. The summed E-state index contributed by atoms with van der Waals surface area (Å²) < 4.78 is 37.3. The van der Waals surface area contributed by atoms with Gasteiger partial charge in [-0.3, -0.25) is 4.79 Å². The highest BCUT2D eigenvalue weighted by Crippen LogP contribution is 2.29. The Morgan fingerprint density at radius 2 is 1.84 bits per heavy atom. The Morgan fingerprint density at radius 1 is 1.16 bits per heavy atom. The Hall–Kier alpha value is -2.58. The number of rotatable bonds is 7. The molecule has 170 valence electrons. The fraction of sp³-hybridized carbons (Fsp3) is 0.591. The van der Waals surface area contributed by atoms with Crippen molar-refractivity contribution < 1.29 is 18.0 Å². The van der Waals surface area contributed by atoms with Crippen LogP contribution in [0.2, 0.25) is 0 Å². The molecule has 1 unspecified atom stereocenters. The molecular weight excluding hydrogens is 407 g/mol. The molecule has 0 spiro atoms. The maximum absolute atomic E-state index is 12.4. The van der Waals surface area contributed by atoms with Crippen molar-refractivity contribution >= 4 is 28.6 Å². The molecule has 1 heterocycles. The zero-order valence-electron chi connectivity index (χ0n) is 18.2. The Bertz CT molecular complexity index is 894. The first-order valence-corrected chi connectivity index (χ1v) is 10.7. The minimum atomic E-state index is -4.32. The van der Waals surface area contributed by atoms with E-state index in [-0.39, 0.29) is 12.0 Å². The van der Waals surface area contributed by atoms with E-state index in [4.69, 9.17) is 0 Å². The van der Waals surface area contributed by atoms with Crippen LogP contribution in [-0.4, -0.2) is 48.7 Å². The largest absolute Gasteiger partial charge is 0.389 e. The van der Waals surface area contributed by atoms with Gasteiger partial charge in [-0.25, -0.2) is 4.98 Å². The van der Waals surface area contributed by atoms with Crippen LogP contribution in [0.15, 0.2) is 24.3 Å². The smallest absolute Gasteiger partial charge is 0.362 e. The number of para-hydroxylation sites is 1. The van der Waals surface area contributed by atoms with Gasteiger partial charge in [0, 0.05) is 38.0 Å². The number of anilines is 2. The van der Waals surface area contributed by atoms with E-state index in [9.17, 15) is 18.0 Å². The summed E-state index contributed by atoms with van der Waals surface area (Å²) in [4.78, 5) is 23.2. The monoisotopic (exact) mass is 437 g/mol. The summed E-state index contributed by atoms with van der Waals surface area (Å²) in [5.41, 5.74) is 0.882. The number of halogens is 3. The molecule has 31 heavy (non-hydrogen) atoms. The number of benzene rings is 1. The van der Waals surface area contributed by atoms with E-state index in [0.717, 1.165) is 42.4 Å². The van der Waals surface area contributed by atoms with Crippen LogP contribution in [0.1, 0.15) is 39.0 Å². The summed E-state index contributed by atoms with van der Waals surface area (Å²) in [5, 5.41) is 7.12. The molecule has 1 aliphatic carbocycles. The molecule has 1 atom stereocenters. The van der Waals surface area contributed by atoms with Crippen LogP contribution < -0.4 is 15.5 Å². The van der Waals surface area contributed by atoms with Crippen LogP contribution in [0.5, 0.6) is 0 Å². The highest BCUT2D eigenvalue weighted by Gasteiger charge is 2.33. The summed E-state index contributed by atoms with van der Waals surface area (Å²) in [6.45, 7) is 1.74. The van der Waals surface area contributed by atoms with Gasteiger partial charge < -0.3 is 15.5 Å². The van der Waals surface area contributed by atoms with Gasteiger partial charge in [-0.05, 0) is 43.7 Å². The number of aromatic nitrogens is 2. The fourth-order valence-electron chi connectivity index (χ4n) is 4.02. The number of alkyl halides is 3. The summed E-state index contributed by atoms with van der Waals surface area (Å²) in [5.74, 6) is 0.139. The third-order valence-electron chi connectivity index (χ3n) is 5.74. The first-order valence-electron chi connectivity index (χ1n) is 10.7. The number of amides is 1. The third-order valence-corrected chi connectivity index (χ3v) is 5.74. The lowest BCUT2D eigenvalue weighted by Gasteiger charge is -2.30. The van der Waals surface area contributed by atoms with E-state index in [2.05, 4.69) is 20.6 Å².